The molecule has 0 aromatic rings. The third kappa shape index (κ3) is 9.49. The zero-order valence-electron chi connectivity index (χ0n) is 15.0. The minimum absolute atomic E-state index is 0. The van der Waals surface area contributed by atoms with Crippen molar-refractivity contribution < 1.29 is 58.5 Å². The van der Waals surface area contributed by atoms with Crippen molar-refractivity contribution in [3.8, 4) is 0 Å². The molecule has 1 fully saturated rings. The second kappa shape index (κ2) is 11.7. The van der Waals surface area contributed by atoms with Crippen molar-refractivity contribution in [1.82, 2.24) is 5.32 Å². The number of hydrogen-bond acceptors (Lipinski definition) is 6. The number of carboxylic acid groups (broad SMARTS) is 1. The molecule has 0 radical (unpaired) electrons. The van der Waals surface area contributed by atoms with E-state index in [4.69, 9.17) is 9.47 Å². The minimum Gasteiger partial charge on any atom is -0.550 e. The molecule has 0 spiro atoms. The van der Waals surface area contributed by atoms with E-state index >= 15 is 0 Å². The van der Waals surface area contributed by atoms with Gasteiger partial charge in [0, 0.05) is 25.9 Å². The van der Waals surface area contributed by atoms with Gasteiger partial charge in [-0.05, 0) is 43.4 Å². The van der Waals surface area contributed by atoms with Crippen LogP contribution >= 0.6 is 0 Å². The van der Waals surface area contributed by atoms with E-state index in [9.17, 15) is 19.5 Å². The molecule has 0 bridgehead atoms. The zero-order valence-corrected chi connectivity index (χ0v) is 17.0. The third-order valence-electron chi connectivity index (χ3n) is 3.86. The van der Waals surface area contributed by atoms with E-state index in [1.54, 1.807) is 0 Å². The SMILES string of the molecule is CC(C)CC(=O)OC(C)OC(=O)NCC1CCC(C(=O)[O-])CC1.[Na+]. The molecule has 8 heteroatoms. The van der Waals surface area contributed by atoms with E-state index in [-0.39, 0.29) is 53.7 Å². The Bertz CT molecular complexity index is 421. The van der Waals surface area contributed by atoms with Gasteiger partial charge in [0.15, 0.2) is 0 Å². The van der Waals surface area contributed by atoms with Gasteiger partial charge in [-0.1, -0.05) is 13.8 Å². The van der Waals surface area contributed by atoms with E-state index in [0.29, 0.717) is 19.4 Å². The fourth-order valence-electron chi connectivity index (χ4n) is 2.61. The number of carboxylic acids is 1. The summed E-state index contributed by atoms with van der Waals surface area (Å²) in [7, 11) is 0. The van der Waals surface area contributed by atoms with Crippen molar-refractivity contribution >= 4 is 18.0 Å². The Hall–Kier alpha value is -0.790. The summed E-state index contributed by atoms with van der Waals surface area (Å²) in [5, 5.41) is 13.4. The van der Waals surface area contributed by atoms with E-state index in [1.165, 1.54) is 6.92 Å². The average Bonchev–Trinajstić information content (AvgIpc) is 2.44. The monoisotopic (exact) mass is 351 g/mol. The van der Waals surface area contributed by atoms with Gasteiger partial charge in [-0.15, -0.1) is 0 Å². The van der Waals surface area contributed by atoms with Gasteiger partial charge in [0.1, 0.15) is 0 Å². The fraction of sp³-hybridized carbons (Fsp3) is 0.812. The van der Waals surface area contributed by atoms with Crippen LogP contribution in [0.2, 0.25) is 0 Å². The van der Waals surface area contributed by atoms with E-state index < -0.39 is 24.3 Å². The molecule has 1 unspecified atom stereocenters. The van der Waals surface area contributed by atoms with Crippen LogP contribution in [0.15, 0.2) is 0 Å². The van der Waals surface area contributed by atoms with Gasteiger partial charge in [0.25, 0.3) is 0 Å². The summed E-state index contributed by atoms with van der Waals surface area (Å²) in [6.45, 7) is 5.71. The Labute approximate surface area is 165 Å². The zero-order chi connectivity index (χ0) is 17.4. The van der Waals surface area contributed by atoms with Crippen LogP contribution in [0.3, 0.4) is 0 Å². The van der Waals surface area contributed by atoms with Crippen LogP contribution in [0.5, 0.6) is 0 Å². The van der Waals surface area contributed by atoms with E-state index in [0.717, 1.165) is 12.8 Å². The van der Waals surface area contributed by atoms with Crippen LogP contribution in [-0.2, 0) is 19.1 Å². The van der Waals surface area contributed by atoms with Crippen molar-refractivity contribution in [2.24, 2.45) is 17.8 Å². The van der Waals surface area contributed by atoms with Crippen molar-refractivity contribution in [2.75, 3.05) is 6.54 Å². The summed E-state index contributed by atoms with van der Waals surface area (Å²) in [4.78, 5) is 33.9. The number of nitrogens with one attached hydrogen (secondary N) is 1. The summed E-state index contributed by atoms with van der Waals surface area (Å²) in [6.07, 6.45) is 1.32. The van der Waals surface area contributed by atoms with Crippen molar-refractivity contribution in [1.29, 1.82) is 0 Å². The molecule has 132 valence electrons. The Morgan fingerprint density at radius 3 is 2.17 bits per heavy atom. The number of amides is 1. The molecular weight excluding hydrogens is 325 g/mol. The second-order valence-corrected chi connectivity index (χ2v) is 6.48. The van der Waals surface area contributed by atoms with Gasteiger partial charge in [-0.2, -0.15) is 0 Å². The van der Waals surface area contributed by atoms with Gasteiger partial charge < -0.3 is 24.7 Å². The second-order valence-electron chi connectivity index (χ2n) is 6.48. The number of hydrogen-bond donors (Lipinski definition) is 1. The number of rotatable bonds is 7. The van der Waals surface area contributed by atoms with Crippen molar-refractivity contribution in [3.05, 3.63) is 0 Å². The largest absolute Gasteiger partial charge is 1.00 e. The number of carbonyl (C=O) groups excluding carboxylic acids is 3. The van der Waals surface area contributed by atoms with Gasteiger partial charge in [0.05, 0.1) is 0 Å². The molecule has 0 aliphatic heterocycles. The molecule has 1 amide bonds. The predicted molar refractivity (Wildman–Crippen MR) is 79.9 cm³/mol. The maximum absolute atomic E-state index is 11.6. The van der Waals surface area contributed by atoms with Gasteiger partial charge in [0.2, 0.25) is 6.29 Å². The van der Waals surface area contributed by atoms with E-state index in [1.807, 2.05) is 13.8 Å². The Morgan fingerprint density at radius 1 is 1.08 bits per heavy atom. The summed E-state index contributed by atoms with van der Waals surface area (Å²) < 4.78 is 9.93. The Kier molecular flexibility index (Phi) is 11.3. The Balaban J connectivity index is 0.00000529. The molecule has 1 rings (SSSR count). The smallest absolute Gasteiger partial charge is 0.550 e. The molecule has 1 aliphatic carbocycles. The molecule has 1 saturated carbocycles. The van der Waals surface area contributed by atoms with Crippen LogP contribution in [0.25, 0.3) is 0 Å². The molecule has 1 atom stereocenters. The quantitative estimate of drug-likeness (QED) is 0.330. The van der Waals surface area contributed by atoms with Crippen molar-refractivity contribution in [3.63, 3.8) is 0 Å². The van der Waals surface area contributed by atoms with Crippen LogP contribution in [0.4, 0.5) is 4.79 Å². The first-order valence-corrected chi connectivity index (χ1v) is 8.12. The number of aliphatic carboxylic acids is 1. The van der Waals surface area contributed by atoms with E-state index in [2.05, 4.69) is 5.32 Å². The van der Waals surface area contributed by atoms with Gasteiger partial charge >= 0.3 is 41.6 Å². The number of carbonyl (C=O) groups is 3. The number of ether oxygens (including phenoxy) is 2. The molecule has 0 saturated heterocycles. The first kappa shape index (κ1) is 23.2. The standard InChI is InChI=1S/C16H27NO6.Na/c1-10(2)8-14(18)22-11(3)23-16(21)17-9-12-4-6-13(7-5-12)15(19)20;/h10-13H,4-9H2,1-3H3,(H,17,21)(H,19,20);/q;+1/p-1. The maximum Gasteiger partial charge on any atom is 1.00 e. The summed E-state index contributed by atoms with van der Waals surface area (Å²) in [5.41, 5.74) is 0. The molecule has 1 N–H and O–H groups in total. The Morgan fingerprint density at radius 2 is 1.67 bits per heavy atom. The molecule has 0 heterocycles. The molecule has 7 nitrogen and oxygen atoms in total. The van der Waals surface area contributed by atoms with Crippen molar-refractivity contribution in [2.45, 2.75) is 59.2 Å². The summed E-state index contributed by atoms with van der Waals surface area (Å²) >= 11 is 0. The molecule has 0 aromatic heterocycles. The summed E-state index contributed by atoms with van der Waals surface area (Å²) in [6, 6.07) is 0. The van der Waals surface area contributed by atoms with Crippen LogP contribution in [0.1, 0.15) is 52.9 Å². The van der Waals surface area contributed by atoms with Crippen LogP contribution in [0, 0.1) is 17.8 Å². The minimum atomic E-state index is -0.993. The van der Waals surface area contributed by atoms with Crippen LogP contribution < -0.4 is 40.0 Å². The first-order valence-electron chi connectivity index (χ1n) is 8.12. The van der Waals surface area contributed by atoms with Gasteiger partial charge in [-0.3, -0.25) is 4.79 Å². The topological polar surface area (TPSA) is 105 Å². The first-order chi connectivity index (χ1) is 10.8. The van der Waals surface area contributed by atoms with Crippen LogP contribution in [-0.4, -0.2) is 30.9 Å². The van der Waals surface area contributed by atoms with Gasteiger partial charge in [-0.25, -0.2) is 4.79 Å². The molecule has 1 aliphatic rings. The molecular formula is C16H26NNaO6. The normalized spacial score (nSPS) is 21.3. The molecule has 24 heavy (non-hydrogen) atoms. The maximum atomic E-state index is 11.6. The predicted octanol–water partition coefficient (Wildman–Crippen LogP) is -1.79. The average molecular weight is 351 g/mol. The number of esters is 1. The summed E-state index contributed by atoms with van der Waals surface area (Å²) in [5.74, 6) is -1.36. The third-order valence-corrected chi connectivity index (χ3v) is 3.86. The fourth-order valence-corrected chi connectivity index (χ4v) is 2.61. The number of alkyl carbamates (subject to hydrolysis) is 1. The molecule has 0 aromatic carbocycles.